The molecule has 2 atom stereocenters. The third-order valence-corrected chi connectivity index (χ3v) is 6.13. The van der Waals surface area contributed by atoms with E-state index < -0.39 is 0 Å². The second kappa shape index (κ2) is 6.88. The first-order valence-corrected chi connectivity index (χ1v) is 10.1. The molecule has 1 amide bonds. The van der Waals surface area contributed by atoms with Gasteiger partial charge >= 0.3 is 6.09 Å². The van der Waals surface area contributed by atoms with Crippen molar-refractivity contribution in [3.8, 4) is 0 Å². The molecule has 9 heteroatoms. The molecule has 3 fully saturated rings. The molecule has 0 spiro atoms. The summed E-state index contributed by atoms with van der Waals surface area (Å²) in [5.74, 6) is 1.73. The SMILES string of the molecule is COC(=O)N1CCC(n2ncc3c(N4CC5CCC(C4)O5)nc(C)nc32)CC1. The normalized spacial score (nSPS) is 25.5. The van der Waals surface area contributed by atoms with Gasteiger partial charge in [0.15, 0.2) is 5.65 Å². The van der Waals surface area contributed by atoms with E-state index in [9.17, 15) is 4.79 Å². The molecule has 2 bridgehead atoms. The quantitative estimate of drug-likeness (QED) is 0.779. The summed E-state index contributed by atoms with van der Waals surface area (Å²) in [6, 6.07) is 0.224. The topological polar surface area (TPSA) is 85.6 Å². The van der Waals surface area contributed by atoms with Crippen LogP contribution in [0.1, 0.15) is 37.5 Å². The van der Waals surface area contributed by atoms with Gasteiger partial charge in [-0.15, -0.1) is 0 Å². The number of aryl methyl sites for hydroxylation is 1. The summed E-state index contributed by atoms with van der Waals surface area (Å²) in [5, 5.41) is 5.68. The van der Waals surface area contributed by atoms with Crippen LogP contribution in [0.2, 0.25) is 0 Å². The van der Waals surface area contributed by atoms with Gasteiger partial charge in [-0.3, -0.25) is 0 Å². The fourth-order valence-corrected chi connectivity index (χ4v) is 4.73. The van der Waals surface area contributed by atoms with E-state index in [1.165, 1.54) is 7.11 Å². The number of morpholine rings is 1. The number of carbonyl (C=O) groups is 1. The summed E-state index contributed by atoms with van der Waals surface area (Å²) in [6.45, 7) is 5.04. The number of likely N-dealkylation sites (tertiary alicyclic amines) is 1. The Bertz CT molecular complexity index is 879. The molecular formula is C19H26N6O3. The minimum absolute atomic E-state index is 0.224. The molecule has 3 aliphatic heterocycles. The number of nitrogens with zero attached hydrogens (tertiary/aromatic N) is 6. The lowest BCUT2D eigenvalue weighted by Gasteiger charge is -2.33. The van der Waals surface area contributed by atoms with E-state index in [-0.39, 0.29) is 12.1 Å². The fourth-order valence-electron chi connectivity index (χ4n) is 4.73. The molecule has 0 radical (unpaired) electrons. The van der Waals surface area contributed by atoms with E-state index in [1.807, 2.05) is 17.8 Å². The molecule has 28 heavy (non-hydrogen) atoms. The van der Waals surface area contributed by atoms with Gasteiger partial charge in [-0.25, -0.2) is 19.4 Å². The maximum atomic E-state index is 11.7. The molecule has 2 aromatic rings. The molecule has 5 heterocycles. The van der Waals surface area contributed by atoms with Crippen molar-refractivity contribution in [3.63, 3.8) is 0 Å². The molecule has 0 aromatic carbocycles. The maximum Gasteiger partial charge on any atom is 0.409 e. The predicted molar refractivity (Wildman–Crippen MR) is 102 cm³/mol. The van der Waals surface area contributed by atoms with Gasteiger partial charge in [-0.1, -0.05) is 0 Å². The first-order chi connectivity index (χ1) is 13.6. The summed E-state index contributed by atoms with van der Waals surface area (Å²) in [5.41, 5.74) is 0.887. The lowest BCUT2D eigenvalue weighted by molar-refractivity contribution is 0.0303. The molecule has 150 valence electrons. The third-order valence-electron chi connectivity index (χ3n) is 6.13. The van der Waals surface area contributed by atoms with Crippen molar-refractivity contribution in [3.05, 3.63) is 12.0 Å². The van der Waals surface area contributed by atoms with Crippen LogP contribution < -0.4 is 4.90 Å². The van der Waals surface area contributed by atoms with Gasteiger partial charge in [-0.2, -0.15) is 5.10 Å². The van der Waals surface area contributed by atoms with Crippen LogP contribution in [0.25, 0.3) is 11.0 Å². The summed E-state index contributed by atoms with van der Waals surface area (Å²) >= 11 is 0. The highest BCUT2D eigenvalue weighted by atomic mass is 16.5. The van der Waals surface area contributed by atoms with E-state index in [2.05, 4.69) is 10.00 Å². The highest BCUT2D eigenvalue weighted by molar-refractivity contribution is 5.87. The van der Waals surface area contributed by atoms with Crippen LogP contribution in [-0.2, 0) is 9.47 Å². The maximum absolute atomic E-state index is 11.7. The van der Waals surface area contributed by atoms with E-state index in [1.54, 1.807) is 4.90 Å². The molecule has 9 nitrogen and oxygen atoms in total. The predicted octanol–water partition coefficient (Wildman–Crippen LogP) is 1.91. The monoisotopic (exact) mass is 386 g/mol. The van der Waals surface area contributed by atoms with Gasteiger partial charge in [0.1, 0.15) is 11.6 Å². The number of piperidine rings is 1. The van der Waals surface area contributed by atoms with Crippen LogP contribution in [0.5, 0.6) is 0 Å². The highest BCUT2D eigenvalue weighted by Crippen LogP contribution is 2.33. The molecule has 3 saturated heterocycles. The standard InChI is InChI=1S/C19H26N6O3/c1-12-21-17(24-10-14-3-4-15(11-24)28-14)16-9-20-25(18(16)22-12)13-5-7-23(8-6-13)19(26)27-2/h9,13-15H,3-8,10-11H2,1-2H3. The van der Waals surface area contributed by atoms with Crippen molar-refractivity contribution < 1.29 is 14.3 Å². The minimum atomic E-state index is -0.258. The zero-order chi connectivity index (χ0) is 19.3. The highest BCUT2D eigenvalue weighted by Gasteiger charge is 2.35. The number of methoxy groups -OCH3 is 1. The van der Waals surface area contributed by atoms with Crippen LogP contribution in [0.3, 0.4) is 0 Å². The number of amides is 1. The number of carbonyl (C=O) groups excluding carboxylic acids is 1. The summed E-state index contributed by atoms with van der Waals surface area (Å²) in [7, 11) is 1.43. The Kier molecular flexibility index (Phi) is 4.34. The van der Waals surface area contributed by atoms with Gasteiger partial charge in [0.05, 0.1) is 36.9 Å². The number of hydrogen-bond donors (Lipinski definition) is 0. The average Bonchev–Trinajstić information content (AvgIpc) is 3.29. The number of anilines is 1. The van der Waals surface area contributed by atoms with Crippen molar-refractivity contribution in [1.82, 2.24) is 24.6 Å². The van der Waals surface area contributed by atoms with Crippen LogP contribution in [0, 0.1) is 6.92 Å². The Balaban J connectivity index is 1.43. The number of ether oxygens (including phenoxy) is 2. The Morgan fingerprint density at radius 2 is 1.86 bits per heavy atom. The van der Waals surface area contributed by atoms with E-state index in [0.717, 1.165) is 61.4 Å². The van der Waals surface area contributed by atoms with Crippen molar-refractivity contribution in [2.24, 2.45) is 0 Å². The number of aromatic nitrogens is 4. The summed E-state index contributed by atoms with van der Waals surface area (Å²) in [4.78, 5) is 25.3. The van der Waals surface area contributed by atoms with Crippen LogP contribution in [0.4, 0.5) is 10.6 Å². The number of rotatable bonds is 2. The molecule has 0 N–H and O–H groups in total. The molecule has 0 aliphatic carbocycles. The fraction of sp³-hybridized carbons (Fsp3) is 0.684. The minimum Gasteiger partial charge on any atom is -0.453 e. The Morgan fingerprint density at radius 3 is 2.54 bits per heavy atom. The lowest BCUT2D eigenvalue weighted by Crippen LogP contribution is -2.43. The van der Waals surface area contributed by atoms with Gasteiger partial charge in [-0.05, 0) is 32.6 Å². The average molecular weight is 386 g/mol. The summed E-state index contributed by atoms with van der Waals surface area (Å²) < 4.78 is 12.8. The molecule has 5 rings (SSSR count). The van der Waals surface area contributed by atoms with E-state index in [4.69, 9.17) is 19.4 Å². The molecular weight excluding hydrogens is 360 g/mol. The van der Waals surface area contributed by atoms with E-state index >= 15 is 0 Å². The molecule has 0 saturated carbocycles. The van der Waals surface area contributed by atoms with Gasteiger partial charge in [0, 0.05) is 26.2 Å². The van der Waals surface area contributed by atoms with Gasteiger partial charge in [0.25, 0.3) is 0 Å². The van der Waals surface area contributed by atoms with Crippen molar-refractivity contribution in [2.45, 2.75) is 50.9 Å². The smallest absolute Gasteiger partial charge is 0.409 e. The lowest BCUT2D eigenvalue weighted by atomic mass is 10.1. The van der Waals surface area contributed by atoms with Crippen molar-refractivity contribution in [2.75, 3.05) is 38.2 Å². The van der Waals surface area contributed by atoms with Gasteiger partial charge < -0.3 is 19.3 Å². The largest absolute Gasteiger partial charge is 0.453 e. The first-order valence-electron chi connectivity index (χ1n) is 10.1. The van der Waals surface area contributed by atoms with E-state index in [0.29, 0.717) is 25.3 Å². The summed E-state index contributed by atoms with van der Waals surface area (Å²) in [6.07, 6.45) is 6.19. The Hall–Kier alpha value is -2.42. The van der Waals surface area contributed by atoms with Crippen LogP contribution in [-0.4, -0.2) is 76.2 Å². The second-order valence-corrected chi connectivity index (χ2v) is 7.97. The molecule has 2 unspecified atom stereocenters. The molecule has 3 aliphatic rings. The first kappa shape index (κ1) is 17.7. The van der Waals surface area contributed by atoms with Gasteiger partial charge in [0.2, 0.25) is 0 Å². The number of fused-ring (bicyclic) bond motifs is 3. The molecule has 2 aromatic heterocycles. The van der Waals surface area contributed by atoms with Crippen molar-refractivity contribution >= 4 is 22.9 Å². The zero-order valence-corrected chi connectivity index (χ0v) is 16.4. The van der Waals surface area contributed by atoms with Crippen molar-refractivity contribution in [1.29, 1.82) is 0 Å². The third kappa shape index (κ3) is 2.97. The Morgan fingerprint density at radius 1 is 1.14 bits per heavy atom. The second-order valence-electron chi connectivity index (χ2n) is 7.97. The van der Waals surface area contributed by atoms with Crippen LogP contribution in [0.15, 0.2) is 6.20 Å². The Labute approximate surface area is 163 Å². The number of hydrogen-bond acceptors (Lipinski definition) is 7. The van der Waals surface area contributed by atoms with Crippen LogP contribution >= 0.6 is 0 Å². The zero-order valence-electron chi connectivity index (χ0n) is 16.4.